The van der Waals surface area contributed by atoms with E-state index in [0.717, 1.165) is 25.7 Å². The van der Waals surface area contributed by atoms with E-state index in [9.17, 15) is 8.42 Å². The van der Waals surface area contributed by atoms with Crippen LogP contribution in [0.2, 0.25) is 0 Å². The first kappa shape index (κ1) is 20.3. The molecule has 0 aromatic heterocycles. The fourth-order valence-corrected chi connectivity index (χ4v) is 2.80. The van der Waals surface area contributed by atoms with Crippen LogP contribution < -0.4 is 0 Å². The standard InChI is InChI=1S/C7H14NO2S.C5H11.Y/c1-7-5-3-4-6-8(7)11(2,9)10;1-3-5-4-2;/h7H,2-6H2,1H3;1,3-5H2,2H3;/q2*-1;+3. The molecule has 98 valence electrons. The van der Waals surface area contributed by atoms with Crippen LogP contribution in [0.3, 0.4) is 0 Å². The Morgan fingerprint density at radius 1 is 1.35 bits per heavy atom. The van der Waals surface area contributed by atoms with Crippen molar-refractivity contribution in [3.8, 4) is 0 Å². The van der Waals surface area contributed by atoms with E-state index in [0.29, 0.717) is 6.54 Å². The minimum absolute atomic E-state index is 0. The first-order valence-electron chi connectivity index (χ1n) is 6.07. The Kier molecular flexibility index (Phi) is 13.0. The Bertz CT molecular complexity index is 266. The maximum atomic E-state index is 11.0. The first-order chi connectivity index (χ1) is 7.43. The van der Waals surface area contributed by atoms with E-state index >= 15 is 0 Å². The van der Waals surface area contributed by atoms with Crippen LogP contribution in [0, 0.1) is 13.2 Å². The Morgan fingerprint density at radius 3 is 2.18 bits per heavy atom. The van der Waals surface area contributed by atoms with Gasteiger partial charge in [-0.2, -0.15) is 6.42 Å². The zero-order valence-electron chi connectivity index (χ0n) is 11.2. The molecule has 1 heterocycles. The van der Waals surface area contributed by atoms with Crippen LogP contribution in [0.15, 0.2) is 0 Å². The van der Waals surface area contributed by atoms with Crippen LogP contribution in [0.1, 0.15) is 52.4 Å². The van der Waals surface area contributed by atoms with Gasteiger partial charge in [-0.05, 0) is 19.8 Å². The summed E-state index contributed by atoms with van der Waals surface area (Å²) in [4.78, 5) is 0. The van der Waals surface area contributed by atoms with Crippen LogP contribution in [-0.4, -0.2) is 25.3 Å². The third-order valence-electron chi connectivity index (χ3n) is 2.70. The fraction of sp³-hybridized carbons (Fsp3) is 0.833. The van der Waals surface area contributed by atoms with E-state index in [4.69, 9.17) is 0 Å². The molecule has 0 bridgehead atoms. The Morgan fingerprint density at radius 2 is 1.94 bits per heavy atom. The zero-order chi connectivity index (χ0) is 12.6. The molecule has 3 nitrogen and oxygen atoms in total. The van der Waals surface area contributed by atoms with Gasteiger partial charge in [0.25, 0.3) is 0 Å². The number of rotatable bonds is 3. The molecular weight excluding hydrogens is 311 g/mol. The molecule has 0 saturated carbocycles. The largest absolute Gasteiger partial charge is 3.00 e. The van der Waals surface area contributed by atoms with Gasteiger partial charge in [0.15, 0.2) is 0 Å². The molecule has 0 aliphatic carbocycles. The fourth-order valence-electron chi connectivity index (χ4n) is 1.74. The van der Waals surface area contributed by atoms with Gasteiger partial charge in [-0.25, -0.2) is 19.0 Å². The molecule has 1 unspecified atom stereocenters. The van der Waals surface area contributed by atoms with Crippen molar-refractivity contribution in [2.75, 3.05) is 6.54 Å². The number of hydrogen-bond donors (Lipinski definition) is 0. The number of piperidine rings is 1. The molecule has 1 aliphatic rings. The molecule has 1 saturated heterocycles. The smallest absolute Gasteiger partial charge is 0.343 e. The van der Waals surface area contributed by atoms with Gasteiger partial charge in [0.2, 0.25) is 0 Å². The number of sulfonamides is 1. The quantitative estimate of drug-likeness (QED) is 0.743. The van der Waals surface area contributed by atoms with Crippen molar-refractivity contribution >= 4 is 10.0 Å². The molecule has 17 heavy (non-hydrogen) atoms. The maximum Gasteiger partial charge on any atom is 3.00 e. The van der Waals surface area contributed by atoms with Crippen molar-refractivity contribution in [1.82, 2.24) is 4.31 Å². The molecule has 0 spiro atoms. The first-order valence-corrected chi connectivity index (χ1v) is 7.68. The van der Waals surface area contributed by atoms with Crippen molar-refractivity contribution in [3.05, 3.63) is 13.2 Å². The zero-order valence-corrected chi connectivity index (χ0v) is 14.8. The van der Waals surface area contributed by atoms with Gasteiger partial charge in [0.1, 0.15) is 0 Å². The van der Waals surface area contributed by atoms with Crippen LogP contribution >= 0.6 is 0 Å². The van der Waals surface area contributed by atoms with Gasteiger partial charge in [0.05, 0.1) is 10.0 Å². The predicted molar refractivity (Wildman–Crippen MR) is 69.2 cm³/mol. The van der Waals surface area contributed by atoms with Crippen molar-refractivity contribution in [1.29, 1.82) is 0 Å². The summed E-state index contributed by atoms with van der Waals surface area (Å²) in [5, 5.41) is 0. The number of unbranched alkanes of at least 4 members (excludes halogenated alkanes) is 2. The molecule has 0 amide bonds. The van der Waals surface area contributed by atoms with Gasteiger partial charge < -0.3 is 6.92 Å². The molecular formula is C12H25NO2SY+. The SMILES string of the molecule is [CH2-]CCCC.[CH2-]S(=O)(=O)N1CCCCC1C.[Y+3]. The summed E-state index contributed by atoms with van der Waals surface area (Å²) < 4.78 is 23.5. The number of hydrogen-bond acceptors (Lipinski definition) is 2. The molecule has 0 N–H and O–H groups in total. The summed E-state index contributed by atoms with van der Waals surface area (Å²) >= 11 is 0. The second-order valence-electron chi connectivity index (χ2n) is 4.27. The van der Waals surface area contributed by atoms with Crippen molar-refractivity contribution in [2.45, 2.75) is 58.4 Å². The molecule has 0 aromatic carbocycles. The monoisotopic (exact) mass is 336 g/mol. The Hall–Kier alpha value is 1.01. The van der Waals surface area contributed by atoms with E-state index in [-0.39, 0.29) is 38.8 Å². The molecule has 0 radical (unpaired) electrons. The maximum absolute atomic E-state index is 11.0. The van der Waals surface area contributed by atoms with Crippen molar-refractivity contribution < 1.29 is 41.1 Å². The van der Waals surface area contributed by atoms with Crippen LogP contribution in [0.25, 0.3) is 0 Å². The third-order valence-corrected chi connectivity index (χ3v) is 3.96. The minimum atomic E-state index is -3.19. The Labute approximate surface area is 133 Å². The molecule has 1 atom stereocenters. The van der Waals surface area contributed by atoms with Crippen LogP contribution in [0.5, 0.6) is 0 Å². The van der Waals surface area contributed by atoms with E-state index in [1.54, 1.807) is 0 Å². The second kappa shape index (κ2) is 10.9. The van der Waals surface area contributed by atoms with Gasteiger partial charge >= 0.3 is 32.7 Å². The van der Waals surface area contributed by atoms with Crippen LogP contribution in [-0.2, 0) is 42.7 Å². The average molecular weight is 336 g/mol. The third kappa shape index (κ3) is 9.57. The summed E-state index contributed by atoms with van der Waals surface area (Å²) in [7, 11) is -3.19. The molecule has 0 aromatic rings. The normalized spacial score (nSPS) is 21.1. The molecule has 1 fully saturated rings. The van der Waals surface area contributed by atoms with Crippen LogP contribution in [0.4, 0.5) is 0 Å². The average Bonchev–Trinajstić information content (AvgIpc) is 2.19. The molecule has 5 heteroatoms. The van der Waals surface area contributed by atoms with E-state index in [2.05, 4.69) is 20.1 Å². The van der Waals surface area contributed by atoms with Gasteiger partial charge in [0, 0.05) is 12.6 Å². The van der Waals surface area contributed by atoms with Crippen molar-refractivity contribution in [2.24, 2.45) is 0 Å². The number of nitrogens with zero attached hydrogens (tertiary/aromatic N) is 1. The van der Waals surface area contributed by atoms with Gasteiger partial charge in [-0.15, -0.1) is 0 Å². The topological polar surface area (TPSA) is 37.4 Å². The molecule has 1 rings (SSSR count). The summed E-state index contributed by atoms with van der Waals surface area (Å²) in [6.45, 7) is 8.43. The van der Waals surface area contributed by atoms with E-state index in [1.807, 2.05) is 6.92 Å². The summed E-state index contributed by atoms with van der Waals surface area (Å²) in [6.07, 6.45) is 9.87. The predicted octanol–water partition coefficient (Wildman–Crippen LogP) is 2.99. The van der Waals surface area contributed by atoms with Gasteiger partial charge in [-0.1, -0.05) is 26.2 Å². The summed E-state index contributed by atoms with van der Waals surface area (Å²) in [5.74, 6) is 0. The Balaban J connectivity index is 0. The van der Waals surface area contributed by atoms with E-state index < -0.39 is 10.0 Å². The summed E-state index contributed by atoms with van der Waals surface area (Å²) in [5.41, 5.74) is 0. The minimum Gasteiger partial charge on any atom is -0.343 e. The molecule has 1 aliphatic heterocycles. The van der Waals surface area contributed by atoms with E-state index in [1.165, 1.54) is 17.1 Å². The second-order valence-corrected chi connectivity index (χ2v) is 5.91. The van der Waals surface area contributed by atoms with Crippen molar-refractivity contribution in [3.63, 3.8) is 0 Å². The summed E-state index contributed by atoms with van der Waals surface area (Å²) in [6, 6.07) is 0.145. The van der Waals surface area contributed by atoms with Gasteiger partial charge in [-0.3, -0.25) is 0 Å².